The van der Waals surface area contributed by atoms with Crippen LogP contribution in [0.3, 0.4) is 0 Å². The van der Waals surface area contributed by atoms with E-state index < -0.39 is 0 Å². The van der Waals surface area contributed by atoms with Gasteiger partial charge in [0, 0.05) is 17.1 Å². The lowest BCUT2D eigenvalue weighted by atomic mass is 10.1. The first-order chi connectivity index (χ1) is 14.0. The lowest BCUT2D eigenvalue weighted by Crippen LogP contribution is -2.14. The SMILES string of the molecule is COc1ccc(CC(=O)Nc2ccc(Oc3nc(C)cc(C)n3)cc2)cc1OC. The Bertz CT molecular complexity index is 983. The Labute approximate surface area is 169 Å². The van der Waals surface area contributed by atoms with Gasteiger partial charge < -0.3 is 19.5 Å². The minimum Gasteiger partial charge on any atom is -0.493 e. The monoisotopic (exact) mass is 393 g/mol. The highest BCUT2D eigenvalue weighted by Crippen LogP contribution is 2.28. The molecule has 2 aromatic carbocycles. The molecule has 0 radical (unpaired) electrons. The van der Waals surface area contributed by atoms with E-state index in [2.05, 4.69) is 15.3 Å². The zero-order chi connectivity index (χ0) is 20.8. The number of nitrogens with zero attached hydrogens (tertiary/aromatic N) is 2. The number of amides is 1. The van der Waals surface area contributed by atoms with Crippen LogP contribution in [-0.4, -0.2) is 30.1 Å². The molecule has 150 valence electrons. The van der Waals surface area contributed by atoms with Crippen molar-refractivity contribution in [2.75, 3.05) is 19.5 Å². The highest BCUT2D eigenvalue weighted by molar-refractivity contribution is 5.92. The molecule has 0 aliphatic carbocycles. The summed E-state index contributed by atoms with van der Waals surface area (Å²) in [5.74, 6) is 1.67. The molecule has 1 N–H and O–H groups in total. The van der Waals surface area contributed by atoms with Crippen LogP contribution in [0, 0.1) is 13.8 Å². The van der Waals surface area contributed by atoms with Crippen molar-refractivity contribution in [3.8, 4) is 23.3 Å². The van der Waals surface area contributed by atoms with E-state index in [9.17, 15) is 4.79 Å². The summed E-state index contributed by atoms with van der Waals surface area (Å²) >= 11 is 0. The molecule has 1 amide bonds. The van der Waals surface area contributed by atoms with E-state index in [0.717, 1.165) is 17.0 Å². The zero-order valence-electron chi connectivity index (χ0n) is 16.9. The van der Waals surface area contributed by atoms with Gasteiger partial charge in [0.15, 0.2) is 11.5 Å². The minimum absolute atomic E-state index is 0.136. The van der Waals surface area contributed by atoms with Crippen molar-refractivity contribution in [2.24, 2.45) is 0 Å². The predicted octanol–water partition coefficient (Wildman–Crippen LogP) is 4.08. The van der Waals surface area contributed by atoms with E-state index in [4.69, 9.17) is 14.2 Å². The van der Waals surface area contributed by atoms with Gasteiger partial charge in [-0.1, -0.05) is 6.07 Å². The van der Waals surface area contributed by atoms with Gasteiger partial charge in [-0.15, -0.1) is 0 Å². The molecule has 0 unspecified atom stereocenters. The smallest absolute Gasteiger partial charge is 0.322 e. The van der Waals surface area contributed by atoms with Crippen LogP contribution in [0.1, 0.15) is 17.0 Å². The van der Waals surface area contributed by atoms with Gasteiger partial charge in [-0.25, -0.2) is 9.97 Å². The fourth-order valence-corrected chi connectivity index (χ4v) is 2.83. The molecule has 3 aromatic rings. The highest BCUT2D eigenvalue weighted by Gasteiger charge is 2.09. The number of carbonyl (C=O) groups is 1. The van der Waals surface area contributed by atoms with Crippen LogP contribution < -0.4 is 19.5 Å². The molecule has 0 bridgehead atoms. The standard InChI is InChI=1S/C22H23N3O4/c1-14-11-15(2)24-22(23-14)29-18-8-6-17(7-9-18)25-21(26)13-16-5-10-19(27-3)20(12-16)28-4/h5-12H,13H2,1-4H3,(H,25,26). The average molecular weight is 393 g/mol. The Kier molecular flexibility index (Phi) is 6.29. The molecule has 1 aromatic heterocycles. The van der Waals surface area contributed by atoms with Crippen molar-refractivity contribution in [1.29, 1.82) is 0 Å². The summed E-state index contributed by atoms with van der Waals surface area (Å²) in [5.41, 5.74) is 3.18. The molecule has 7 nitrogen and oxygen atoms in total. The number of benzene rings is 2. The Hall–Kier alpha value is -3.61. The topological polar surface area (TPSA) is 82.6 Å². The van der Waals surface area contributed by atoms with Crippen molar-refractivity contribution in [3.05, 3.63) is 65.5 Å². The summed E-state index contributed by atoms with van der Waals surface area (Å²) in [6.45, 7) is 3.77. The molecule has 3 rings (SSSR count). The first kappa shape index (κ1) is 20.1. The van der Waals surface area contributed by atoms with Crippen LogP contribution in [0.2, 0.25) is 0 Å². The molecule has 0 saturated heterocycles. The molecule has 0 saturated carbocycles. The van der Waals surface area contributed by atoms with E-state index >= 15 is 0 Å². The van der Waals surface area contributed by atoms with Crippen LogP contribution in [0.5, 0.6) is 23.3 Å². The maximum atomic E-state index is 12.4. The van der Waals surface area contributed by atoms with E-state index in [1.807, 2.05) is 26.0 Å². The third-order valence-corrected chi connectivity index (χ3v) is 4.12. The largest absolute Gasteiger partial charge is 0.493 e. The number of aromatic nitrogens is 2. The fraction of sp³-hybridized carbons (Fsp3) is 0.227. The Morgan fingerprint density at radius 3 is 2.17 bits per heavy atom. The summed E-state index contributed by atoms with van der Waals surface area (Å²) in [6.07, 6.45) is 0.217. The maximum absolute atomic E-state index is 12.4. The summed E-state index contributed by atoms with van der Waals surface area (Å²) in [7, 11) is 3.14. The third kappa shape index (κ3) is 5.44. The van der Waals surface area contributed by atoms with Crippen molar-refractivity contribution in [2.45, 2.75) is 20.3 Å². The maximum Gasteiger partial charge on any atom is 0.322 e. The Balaban J connectivity index is 1.61. The van der Waals surface area contributed by atoms with Gasteiger partial charge in [-0.05, 0) is 61.9 Å². The summed E-state index contributed by atoms with van der Waals surface area (Å²) < 4.78 is 16.2. The second-order valence-electron chi connectivity index (χ2n) is 6.47. The summed E-state index contributed by atoms with van der Waals surface area (Å²) in [5, 5.41) is 2.87. The van der Waals surface area contributed by atoms with Crippen LogP contribution in [0.4, 0.5) is 5.69 Å². The number of aryl methyl sites for hydroxylation is 2. The van der Waals surface area contributed by atoms with Gasteiger partial charge in [0.2, 0.25) is 5.91 Å². The van der Waals surface area contributed by atoms with E-state index in [1.165, 1.54) is 0 Å². The lowest BCUT2D eigenvalue weighted by Gasteiger charge is -2.10. The van der Waals surface area contributed by atoms with Crippen molar-refractivity contribution in [1.82, 2.24) is 9.97 Å². The van der Waals surface area contributed by atoms with Crippen LogP contribution >= 0.6 is 0 Å². The van der Waals surface area contributed by atoms with E-state index in [-0.39, 0.29) is 12.3 Å². The highest BCUT2D eigenvalue weighted by atomic mass is 16.5. The molecule has 0 spiro atoms. The number of ether oxygens (including phenoxy) is 3. The van der Waals surface area contributed by atoms with Crippen molar-refractivity contribution >= 4 is 11.6 Å². The minimum atomic E-state index is -0.136. The van der Waals surface area contributed by atoms with Crippen molar-refractivity contribution in [3.63, 3.8) is 0 Å². The van der Waals surface area contributed by atoms with Crippen LogP contribution in [-0.2, 0) is 11.2 Å². The van der Waals surface area contributed by atoms with Gasteiger partial charge in [0.25, 0.3) is 0 Å². The number of hydrogen-bond donors (Lipinski definition) is 1. The summed E-state index contributed by atoms with van der Waals surface area (Å²) in [6, 6.07) is 14.6. The predicted molar refractivity (Wildman–Crippen MR) is 110 cm³/mol. The number of nitrogens with one attached hydrogen (secondary N) is 1. The first-order valence-electron chi connectivity index (χ1n) is 9.08. The summed E-state index contributed by atoms with van der Waals surface area (Å²) in [4.78, 5) is 20.9. The van der Waals surface area contributed by atoms with E-state index in [1.54, 1.807) is 50.6 Å². The van der Waals surface area contributed by atoms with Gasteiger partial charge in [-0.2, -0.15) is 0 Å². The van der Waals surface area contributed by atoms with Gasteiger partial charge >= 0.3 is 6.01 Å². The number of methoxy groups -OCH3 is 2. The second kappa shape index (κ2) is 9.05. The van der Waals surface area contributed by atoms with Gasteiger partial charge in [-0.3, -0.25) is 4.79 Å². The molecule has 1 heterocycles. The Morgan fingerprint density at radius 1 is 0.897 bits per heavy atom. The molecule has 0 fully saturated rings. The number of hydrogen-bond acceptors (Lipinski definition) is 6. The molecular formula is C22H23N3O4. The van der Waals surface area contributed by atoms with Crippen molar-refractivity contribution < 1.29 is 19.0 Å². The lowest BCUT2D eigenvalue weighted by molar-refractivity contribution is -0.115. The van der Waals surface area contributed by atoms with E-state index in [0.29, 0.717) is 28.9 Å². The molecule has 0 aliphatic rings. The molecular weight excluding hydrogens is 370 g/mol. The molecule has 7 heteroatoms. The number of anilines is 1. The van der Waals surface area contributed by atoms with Gasteiger partial charge in [0.05, 0.1) is 20.6 Å². The Morgan fingerprint density at radius 2 is 1.55 bits per heavy atom. The number of carbonyl (C=O) groups excluding carboxylic acids is 1. The van der Waals surface area contributed by atoms with Crippen LogP contribution in [0.25, 0.3) is 0 Å². The molecule has 0 atom stereocenters. The quantitative estimate of drug-likeness (QED) is 0.651. The average Bonchev–Trinajstić information content (AvgIpc) is 2.68. The molecule has 29 heavy (non-hydrogen) atoms. The third-order valence-electron chi connectivity index (χ3n) is 4.12. The van der Waals surface area contributed by atoms with Gasteiger partial charge in [0.1, 0.15) is 5.75 Å². The first-order valence-corrected chi connectivity index (χ1v) is 9.08. The zero-order valence-corrected chi connectivity index (χ0v) is 16.9. The van der Waals surface area contributed by atoms with Crippen LogP contribution in [0.15, 0.2) is 48.5 Å². The molecule has 0 aliphatic heterocycles. The second-order valence-corrected chi connectivity index (χ2v) is 6.47. The normalized spacial score (nSPS) is 10.3. The number of rotatable bonds is 7. The fourth-order valence-electron chi connectivity index (χ4n) is 2.83.